The topological polar surface area (TPSA) is 51.7 Å². The third kappa shape index (κ3) is 4.43. The quantitative estimate of drug-likeness (QED) is 0.803. The smallest absolute Gasteiger partial charge is 0.273 e. The minimum atomic E-state index is -0.335. The number of carbonyl (C=O) groups excluding carboxylic acids is 1. The zero-order chi connectivity index (χ0) is 18.9. The third-order valence-electron chi connectivity index (χ3n) is 4.05. The summed E-state index contributed by atoms with van der Waals surface area (Å²) in [5, 5.41) is 2.67. The number of amides is 1. The van der Waals surface area contributed by atoms with Gasteiger partial charge >= 0.3 is 0 Å². The Morgan fingerprint density at radius 1 is 1.35 bits per heavy atom. The van der Waals surface area contributed by atoms with E-state index in [4.69, 9.17) is 9.47 Å². The fourth-order valence-electron chi connectivity index (χ4n) is 3.22. The Kier molecular flexibility index (Phi) is 5.34. The molecule has 0 spiro atoms. The van der Waals surface area contributed by atoms with Crippen LogP contribution in [0.1, 0.15) is 45.1 Å². The number of aromatic nitrogens is 1. The fourth-order valence-corrected chi connectivity index (χ4v) is 4.02. The highest BCUT2D eigenvalue weighted by molar-refractivity contribution is 7.13. The molecule has 1 fully saturated rings. The van der Waals surface area contributed by atoms with E-state index in [-0.39, 0.29) is 23.7 Å². The summed E-state index contributed by atoms with van der Waals surface area (Å²) >= 11 is 1.48. The molecule has 2 aromatic rings. The van der Waals surface area contributed by atoms with E-state index in [1.165, 1.54) is 11.3 Å². The van der Waals surface area contributed by atoms with E-state index in [0.29, 0.717) is 18.8 Å². The molecule has 1 aliphatic heterocycles. The molecule has 140 valence electrons. The van der Waals surface area contributed by atoms with Gasteiger partial charge in [0.15, 0.2) is 0 Å². The molecule has 1 aromatic heterocycles. The molecule has 0 N–H and O–H groups in total. The first-order valence-corrected chi connectivity index (χ1v) is 9.81. The van der Waals surface area contributed by atoms with Crippen LogP contribution in [0.4, 0.5) is 0 Å². The van der Waals surface area contributed by atoms with Crippen molar-refractivity contribution in [1.29, 1.82) is 0 Å². The summed E-state index contributed by atoms with van der Waals surface area (Å²) in [7, 11) is 0. The average Bonchev–Trinajstić information content (AvgIpc) is 3.02. The van der Waals surface area contributed by atoms with Crippen LogP contribution < -0.4 is 4.74 Å². The lowest BCUT2D eigenvalue weighted by molar-refractivity contribution is -0.118. The van der Waals surface area contributed by atoms with Crippen LogP contribution >= 0.6 is 11.3 Å². The molecule has 0 bridgehead atoms. The van der Waals surface area contributed by atoms with E-state index in [2.05, 4.69) is 4.98 Å². The van der Waals surface area contributed by atoms with Crippen molar-refractivity contribution in [3.05, 3.63) is 35.3 Å². The van der Waals surface area contributed by atoms with Crippen LogP contribution in [0.3, 0.4) is 0 Å². The van der Waals surface area contributed by atoms with Crippen LogP contribution in [-0.2, 0) is 4.74 Å². The molecule has 1 aliphatic rings. The Balaban J connectivity index is 1.74. The standard InChI is InChI=1S/C20H26N2O3S/c1-13(2)24-16-8-6-15(7-9-16)18-21-17(11-26-18)19(23)22-10-14(3)25-20(4,5)12-22/h6-9,11,13-14H,10,12H2,1-5H3. The number of ether oxygens (including phenoxy) is 2. The van der Waals surface area contributed by atoms with Crippen molar-refractivity contribution in [1.82, 2.24) is 9.88 Å². The number of morpholine rings is 1. The second kappa shape index (κ2) is 7.37. The maximum atomic E-state index is 12.8. The average molecular weight is 375 g/mol. The van der Waals surface area contributed by atoms with Crippen molar-refractivity contribution in [2.24, 2.45) is 0 Å². The van der Waals surface area contributed by atoms with E-state index in [9.17, 15) is 4.79 Å². The molecule has 1 amide bonds. The lowest BCUT2D eigenvalue weighted by atomic mass is 10.1. The number of hydrogen-bond donors (Lipinski definition) is 0. The number of thiazole rings is 1. The van der Waals surface area contributed by atoms with Crippen LogP contribution in [0.2, 0.25) is 0 Å². The third-order valence-corrected chi connectivity index (χ3v) is 4.94. The summed E-state index contributed by atoms with van der Waals surface area (Å²) in [4.78, 5) is 19.3. The SMILES string of the molecule is CC(C)Oc1ccc(-c2nc(C(=O)N3CC(C)OC(C)(C)C3)cs2)cc1. The Bertz CT molecular complexity index is 768. The lowest BCUT2D eigenvalue weighted by Gasteiger charge is -2.41. The Hall–Kier alpha value is -1.92. The molecule has 1 unspecified atom stereocenters. The normalized spacial score (nSPS) is 19.6. The van der Waals surface area contributed by atoms with Crippen LogP contribution in [0, 0.1) is 0 Å². The highest BCUT2D eigenvalue weighted by Gasteiger charge is 2.34. The summed E-state index contributed by atoms with van der Waals surface area (Å²) in [5.74, 6) is 0.802. The summed E-state index contributed by atoms with van der Waals surface area (Å²) in [6.45, 7) is 11.2. The zero-order valence-corrected chi connectivity index (χ0v) is 16.8. The second-order valence-corrected chi connectivity index (χ2v) is 8.46. The lowest BCUT2D eigenvalue weighted by Crippen LogP contribution is -2.53. The zero-order valence-electron chi connectivity index (χ0n) is 16.0. The fraction of sp³-hybridized carbons (Fsp3) is 0.500. The van der Waals surface area contributed by atoms with Crippen LogP contribution in [0.15, 0.2) is 29.6 Å². The summed E-state index contributed by atoms with van der Waals surface area (Å²) in [5.41, 5.74) is 1.15. The molecule has 1 saturated heterocycles. The van der Waals surface area contributed by atoms with Gasteiger partial charge in [0.1, 0.15) is 16.5 Å². The Morgan fingerprint density at radius 2 is 2.04 bits per heavy atom. The number of hydrogen-bond acceptors (Lipinski definition) is 5. The van der Waals surface area contributed by atoms with Crippen LogP contribution in [0.25, 0.3) is 10.6 Å². The van der Waals surface area contributed by atoms with E-state index in [0.717, 1.165) is 16.3 Å². The van der Waals surface area contributed by atoms with E-state index < -0.39 is 0 Å². The molecule has 1 aromatic carbocycles. The number of benzene rings is 1. The number of rotatable bonds is 4. The van der Waals surface area contributed by atoms with Gasteiger partial charge in [-0.15, -0.1) is 11.3 Å². The van der Waals surface area contributed by atoms with Crippen molar-refractivity contribution >= 4 is 17.2 Å². The van der Waals surface area contributed by atoms with Gasteiger partial charge in [-0.3, -0.25) is 4.79 Å². The van der Waals surface area contributed by atoms with Crippen molar-refractivity contribution in [2.45, 2.75) is 52.4 Å². The van der Waals surface area contributed by atoms with E-state index >= 15 is 0 Å². The van der Waals surface area contributed by atoms with Crippen LogP contribution in [-0.4, -0.2) is 46.7 Å². The number of carbonyl (C=O) groups is 1. The molecule has 0 saturated carbocycles. The minimum Gasteiger partial charge on any atom is -0.491 e. The predicted molar refractivity (Wildman–Crippen MR) is 104 cm³/mol. The van der Waals surface area contributed by atoms with Gasteiger partial charge in [0.2, 0.25) is 0 Å². The first kappa shape index (κ1) is 18.9. The van der Waals surface area contributed by atoms with Gasteiger partial charge < -0.3 is 14.4 Å². The monoisotopic (exact) mass is 374 g/mol. The molecular formula is C20H26N2O3S. The molecule has 26 heavy (non-hydrogen) atoms. The van der Waals surface area contributed by atoms with Crippen molar-refractivity contribution in [2.75, 3.05) is 13.1 Å². The van der Waals surface area contributed by atoms with Gasteiger partial charge in [-0.2, -0.15) is 0 Å². The van der Waals surface area contributed by atoms with E-state index in [1.807, 2.05) is 69.2 Å². The summed E-state index contributed by atoms with van der Waals surface area (Å²) in [6, 6.07) is 7.82. The van der Waals surface area contributed by atoms with Gasteiger partial charge in [-0.1, -0.05) is 0 Å². The summed E-state index contributed by atoms with van der Waals surface area (Å²) < 4.78 is 11.5. The van der Waals surface area contributed by atoms with Crippen molar-refractivity contribution in [3.63, 3.8) is 0 Å². The highest BCUT2D eigenvalue weighted by atomic mass is 32.1. The van der Waals surface area contributed by atoms with E-state index in [1.54, 1.807) is 0 Å². The van der Waals surface area contributed by atoms with Gasteiger partial charge in [-0.05, 0) is 58.9 Å². The van der Waals surface area contributed by atoms with Crippen molar-refractivity contribution < 1.29 is 14.3 Å². The second-order valence-electron chi connectivity index (χ2n) is 7.60. The Morgan fingerprint density at radius 3 is 2.65 bits per heavy atom. The first-order chi connectivity index (χ1) is 12.2. The molecule has 5 nitrogen and oxygen atoms in total. The van der Waals surface area contributed by atoms with Gasteiger partial charge in [0, 0.05) is 24.0 Å². The molecule has 3 rings (SSSR count). The molecule has 6 heteroatoms. The molecular weight excluding hydrogens is 348 g/mol. The van der Waals surface area contributed by atoms with Crippen molar-refractivity contribution in [3.8, 4) is 16.3 Å². The minimum absolute atomic E-state index is 0.0225. The molecule has 0 radical (unpaired) electrons. The maximum Gasteiger partial charge on any atom is 0.273 e. The molecule has 0 aliphatic carbocycles. The van der Waals surface area contributed by atoms with Crippen LogP contribution in [0.5, 0.6) is 5.75 Å². The highest BCUT2D eigenvalue weighted by Crippen LogP contribution is 2.28. The molecule has 1 atom stereocenters. The first-order valence-electron chi connectivity index (χ1n) is 8.93. The predicted octanol–water partition coefficient (Wildman–Crippen LogP) is 4.24. The maximum absolute atomic E-state index is 12.8. The Labute approximate surface area is 159 Å². The summed E-state index contributed by atoms with van der Waals surface area (Å²) in [6.07, 6.45) is 0.166. The van der Waals surface area contributed by atoms with Gasteiger partial charge in [0.05, 0.1) is 17.8 Å². The van der Waals surface area contributed by atoms with Gasteiger partial charge in [-0.25, -0.2) is 4.98 Å². The largest absolute Gasteiger partial charge is 0.491 e. The number of nitrogens with zero attached hydrogens (tertiary/aromatic N) is 2. The van der Waals surface area contributed by atoms with Gasteiger partial charge in [0.25, 0.3) is 5.91 Å². The molecule has 2 heterocycles.